The number of carbonyl (C=O) groups excluding carboxylic acids is 3. The zero-order valence-corrected chi connectivity index (χ0v) is 25.6. The van der Waals surface area contributed by atoms with Crippen molar-refractivity contribution in [2.24, 2.45) is 29.6 Å². The van der Waals surface area contributed by atoms with Crippen LogP contribution in [0, 0.1) is 29.6 Å². The van der Waals surface area contributed by atoms with E-state index in [0.717, 1.165) is 26.4 Å². The first-order chi connectivity index (χ1) is 19.8. The van der Waals surface area contributed by atoms with Crippen molar-refractivity contribution in [3.8, 4) is 5.75 Å². The minimum atomic E-state index is -0.467. The van der Waals surface area contributed by atoms with Gasteiger partial charge in [-0.05, 0) is 73.6 Å². The molecule has 4 aliphatic rings. The monoisotopic (exact) mass is 674 g/mol. The van der Waals surface area contributed by atoms with Gasteiger partial charge in [0.15, 0.2) is 6.61 Å². The highest BCUT2D eigenvalue weighted by Gasteiger charge is 2.69. The van der Waals surface area contributed by atoms with Crippen molar-refractivity contribution in [2.75, 3.05) is 18.1 Å². The number of imide groups is 1. The number of ether oxygens (including phenoxy) is 2. The Hall–Kier alpha value is -2.60. The molecule has 2 amide bonds. The van der Waals surface area contributed by atoms with Gasteiger partial charge >= 0.3 is 10.8 Å². The van der Waals surface area contributed by atoms with E-state index < -0.39 is 17.8 Å². The summed E-state index contributed by atoms with van der Waals surface area (Å²) in [5, 5.41) is 1.37. The highest BCUT2D eigenvalue weighted by atomic mass is 79.9. The summed E-state index contributed by atoms with van der Waals surface area (Å²) in [6, 6.07) is 12.4. The number of hydrogen-bond donors (Lipinski definition) is 1. The molecule has 7 atom stereocenters. The lowest BCUT2D eigenvalue weighted by atomic mass is 9.68. The van der Waals surface area contributed by atoms with Crippen LogP contribution in [0.2, 0.25) is 5.02 Å². The van der Waals surface area contributed by atoms with E-state index in [-0.39, 0.29) is 58.8 Å². The largest absolute Gasteiger partial charge is 0.482 e. The van der Waals surface area contributed by atoms with Gasteiger partial charge in [-0.25, -0.2) is 4.79 Å². The van der Waals surface area contributed by atoms with E-state index >= 15 is 0 Å². The summed E-state index contributed by atoms with van der Waals surface area (Å²) in [6.07, 6.45) is 0.770. The average Bonchev–Trinajstić information content (AvgIpc) is 3.67. The summed E-state index contributed by atoms with van der Waals surface area (Å²) >= 11 is 12.5. The van der Waals surface area contributed by atoms with Gasteiger partial charge in [0.25, 0.3) is 0 Å². The van der Waals surface area contributed by atoms with E-state index in [0.29, 0.717) is 16.5 Å². The molecular formula is C29H24BrClN2O6S2. The molecule has 2 bridgehead atoms. The highest BCUT2D eigenvalue weighted by molar-refractivity contribution is 9.10. The fourth-order valence-corrected chi connectivity index (χ4v) is 10.8. The van der Waals surface area contributed by atoms with Crippen LogP contribution >= 0.6 is 50.6 Å². The number of esters is 1. The van der Waals surface area contributed by atoms with E-state index in [1.165, 1.54) is 16.2 Å². The Bertz CT molecular complexity index is 1640. The molecule has 212 valence electrons. The average molecular weight is 676 g/mol. The zero-order valence-electron chi connectivity index (χ0n) is 21.7. The Labute approximate surface area is 256 Å². The normalized spacial score (nSPS) is 29.3. The number of nitrogens with zero attached hydrogens (tertiary/aromatic N) is 1. The molecule has 1 N–H and O–H groups in total. The van der Waals surface area contributed by atoms with Gasteiger partial charge in [-0.1, -0.05) is 38.9 Å². The maximum atomic E-state index is 13.9. The molecule has 3 heterocycles. The van der Waals surface area contributed by atoms with Gasteiger partial charge in [-0.15, -0.1) is 11.8 Å². The van der Waals surface area contributed by atoms with E-state index in [1.54, 1.807) is 43.0 Å². The molecule has 8 nitrogen and oxygen atoms in total. The van der Waals surface area contributed by atoms with Crippen LogP contribution < -0.4 is 14.5 Å². The number of nitrogens with one attached hydrogen (secondary N) is 1. The Kier molecular flexibility index (Phi) is 6.84. The van der Waals surface area contributed by atoms with Crippen molar-refractivity contribution in [2.45, 2.75) is 29.5 Å². The second-order valence-corrected chi connectivity index (χ2v) is 14.3. The third-order valence-electron chi connectivity index (χ3n) is 8.77. The van der Waals surface area contributed by atoms with E-state index in [4.69, 9.17) is 21.1 Å². The Morgan fingerprint density at radius 1 is 1.10 bits per heavy atom. The summed E-state index contributed by atoms with van der Waals surface area (Å²) in [7, 11) is 0. The first-order valence-electron chi connectivity index (χ1n) is 13.4. The van der Waals surface area contributed by atoms with Gasteiger partial charge in [0.2, 0.25) is 11.8 Å². The van der Waals surface area contributed by atoms with Crippen LogP contribution in [0.1, 0.15) is 29.7 Å². The SMILES string of the molecule is CCOC(=O)COc1ccc(Br)cc1[C@H]1c2sc(=O)[nH]c2SC2C1[C@H]1C[C@@H]2C2C(=O)N(c3ccc(Cl)cc3)C(=O)C21. The Morgan fingerprint density at radius 3 is 2.56 bits per heavy atom. The van der Waals surface area contributed by atoms with Crippen molar-refractivity contribution in [1.82, 2.24) is 4.98 Å². The number of halogens is 2. The van der Waals surface area contributed by atoms with Crippen LogP contribution in [0.25, 0.3) is 0 Å². The number of H-pyrrole nitrogens is 1. The number of fused-ring (bicyclic) bond motifs is 9. The standard InChI is InChI=1S/C29H24BrClN2O6S2/c1-2-38-19(34)11-39-18-8-3-12(30)9-15(18)20-21-16-10-17(24(21)40-26-25(20)41-29(37)32-26)23-22(16)27(35)33(28(23)36)14-6-4-13(31)5-7-14/h3-9,16-17,20-24H,2,10-11H2,1H3,(H,32,37)/t16-,17-,20-,21?,22?,23?,24?/m1/s1. The van der Waals surface area contributed by atoms with Crippen LogP contribution in [-0.4, -0.2) is 41.2 Å². The highest BCUT2D eigenvalue weighted by Crippen LogP contribution is 2.69. The first-order valence-corrected chi connectivity index (χ1v) is 16.2. The number of benzene rings is 2. The second-order valence-electron chi connectivity index (χ2n) is 10.7. The van der Waals surface area contributed by atoms with E-state index in [2.05, 4.69) is 20.9 Å². The molecule has 1 aromatic heterocycles. The van der Waals surface area contributed by atoms with E-state index in [1.807, 2.05) is 18.2 Å². The number of carbonyl (C=O) groups is 3. The molecular weight excluding hydrogens is 652 g/mol. The quantitative estimate of drug-likeness (QED) is 0.273. The van der Waals surface area contributed by atoms with Crippen LogP contribution in [0.4, 0.5) is 5.69 Å². The molecule has 3 fully saturated rings. The lowest BCUT2D eigenvalue weighted by Crippen LogP contribution is -2.42. The molecule has 1 saturated heterocycles. The molecule has 3 aromatic rings. The molecule has 2 aliphatic heterocycles. The molecule has 12 heteroatoms. The minimum absolute atomic E-state index is 0.00800. The Balaban J connectivity index is 1.30. The minimum Gasteiger partial charge on any atom is -0.482 e. The van der Waals surface area contributed by atoms with Gasteiger partial charge < -0.3 is 14.5 Å². The van der Waals surface area contributed by atoms with Gasteiger partial charge in [0, 0.05) is 31.1 Å². The zero-order chi connectivity index (χ0) is 28.6. The van der Waals surface area contributed by atoms with Gasteiger partial charge in [-0.3, -0.25) is 19.3 Å². The number of aromatic amines is 1. The van der Waals surface area contributed by atoms with Gasteiger partial charge in [0.1, 0.15) is 5.75 Å². The third-order valence-corrected chi connectivity index (χ3v) is 12.1. The van der Waals surface area contributed by atoms with Crippen LogP contribution in [-0.2, 0) is 19.1 Å². The third kappa shape index (κ3) is 4.30. The fourth-order valence-electron chi connectivity index (χ4n) is 7.44. The summed E-state index contributed by atoms with van der Waals surface area (Å²) in [6.45, 7) is 1.75. The number of thiazole rings is 1. The summed E-state index contributed by atoms with van der Waals surface area (Å²) in [4.78, 5) is 57.6. The summed E-state index contributed by atoms with van der Waals surface area (Å²) in [5.41, 5.74) is 1.38. The molecule has 0 radical (unpaired) electrons. The van der Waals surface area contributed by atoms with Crippen molar-refractivity contribution in [3.63, 3.8) is 0 Å². The number of anilines is 1. The van der Waals surface area contributed by atoms with Crippen molar-refractivity contribution in [3.05, 3.63) is 72.1 Å². The van der Waals surface area contributed by atoms with Gasteiger partial charge in [-0.2, -0.15) is 0 Å². The number of amides is 2. The molecule has 2 aromatic carbocycles. The number of hydrogen-bond acceptors (Lipinski definition) is 8. The molecule has 2 aliphatic carbocycles. The van der Waals surface area contributed by atoms with E-state index in [9.17, 15) is 19.2 Å². The maximum absolute atomic E-state index is 13.9. The van der Waals surface area contributed by atoms with Crippen molar-refractivity contribution < 1.29 is 23.9 Å². The fraction of sp³-hybridized carbons (Fsp3) is 0.379. The van der Waals surface area contributed by atoms with Crippen LogP contribution in [0.15, 0.2) is 56.8 Å². The van der Waals surface area contributed by atoms with Crippen molar-refractivity contribution >= 4 is 74.1 Å². The lowest BCUT2D eigenvalue weighted by Gasteiger charge is -2.43. The van der Waals surface area contributed by atoms with Crippen molar-refractivity contribution in [1.29, 1.82) is 0 Å². The van der Waals surface area contributed by atoms with Crippen LogP contribution in [0.3, 0.4) is 0 Å². The molecule has 4 unspecified atom stereocenters. The predicted molar refractivity (Wildman–Crippen MR) is 159 cm³/mol. The lowest BCUT2D eigenvalue weighted by molar-refractivity contribution is -0.145. The molecule has 0 spiro atoms. The number of aromatic nitrogens is 1. The molecule has 41 heavy (non-hydrogen) atoms. The topological polar surface area (TPSA) is 106 Å². The maximum Gasteiger partial charge on any atom is 0.344 e. The summed E-state index contributed by atoms with van der Waals surface area (Å²) < 4.78 is 11.9. The molecule has 2 saturated carbocycles. The van der Waals surface area contributed by atoms with Gasteiger partial charge in [0.05, 0.1) is 29.2 Å². The number of thioether (sulfide) groups is 1. The van der Waals surface area contributed by atoms with Crippen LogP contribution in [0.5, 0.6) is 5.75 Å². The second kappa shape index (κ2) is 10.3. The smallest absolute Gasteiger partial charge is 0.344 e. The summed E-state index contributed by atoms with van der Waals surface area (Å²) in [5.74, 6) is -1.41. The first kappa shape index (κ1) is 27.2. The Morgan fingerprint density at radius 2 is 1.83 bits per heavy atom. The number of rotatable bonds is 6. The predicted octanol–water partition coefficient (Wildman–Crippen LogP) is 5.47. The molecule has 7 rings (SSSR count).